The largest absolute Gasteiger partial charge is 0.493 e. The highest BCUT2D eigenvalue weighted by atomic mass is 19.1. The number of benzene rings is 4. The predicted octanol–water partition coefficient (Wildman–Crippen LogP) is 9.71. The van der Waals surface area contributed by atoms with E-state index in [1.807, 2.05) is 81.4 Å². The van der Waals surface area contributed by atoms with Gasteiger partial charge in [0.25, 0.3) is 0 Å². The molecule has 1 atom stereocenters. The molecule has 2 nitrogen and oxygen atoms in total. The lowest BCUT2D eigenvalue weighted by Gasteiger charge is -2.15. The zero-order valence-electron chi connectivity index (χ0n) is 22.5. The molecule has 0 fully saturated rings. The Hall–Kier alpha value is -3.66. The van der Waals surface area contributed by atoms with Gasteiger partial charge in [-0.15, -0.1) is 0 Å². The van der Waals surface area contributed by atoms with E-state index in [4.69, 9.17) is 9.47 Å². The molecule has 198 valence electrons. The molecule has 0 amide bonds. The Bertz CT molecular complexity index is 1310. The van der Waals surface area contributed by atoms with E-state index >= 15 is 0 Å². The van der Waals surface area contributed by atoms with Gasteiger partial charge in [0.05, 0.1) is 12.7 Å². The quantitative estimate of drug-likeness (QED) is 0.175. The average Bonchev–Trinajstić information content (AvgIpc) is 2.90. The van der Waals surface area contributed by atoms with E-state index in [0.717, 1.165) is 54.4 Å². The van der Waals surface area contributed by atoms with Crippen LogP contribution >= 0.6 is 0 Å². The van der Waals surface area contributed by atoms with E-state index in [1.54, 1.807) is 12.1 Å². The van der Waals surface area contributed by atoms with Crippen molar-refractivity contribution in [3.63, 3.8) is 0 Å². The van der Waals surface area contributed by atoms with Crippen LogP contribution in [0.5, 0.6) is 11.5 Å². The fourth-order valence-corrected chi connectivity index (χ4v) is 4.46. The molecule has 1 unspecified atom stereocenters. The molecule has 0 aliphatic heterocycles. The van der Waals surface area contributed by atoms with Crippen molar-refractivity contribution in [2.24, 2.45) is 0 Å². The normalized spacial score (nSPS) is 11.8. The van der Waals surface area contributed by atoms with Crippen molar-refractivity contribution >= 4 is 0 Å². The minimum Gasteiger partial charge on any atom is -0.493 e. The van der Waals surface area contributed by atoms with E-state index in [0.29, 0.717) is 29.2 Å². The fourth-order valence-electron chi connectivity index (χ4n) is 4.46. The fraction of sp³-hybridized carbons (Fsp3) is 0.294. The molecule has 4 aromatic carbocycles. The van der Waals surface area contributed by atoms with Crippen molar-refractivity contribution < 1.29 is 18.3 Å². The third-order valence-corrected chi connectivity index (χ3v) is 6.72. The van der Waals surface area contributed by atoms with E-state index < -0.39 is 0 Å². The highest BCUT2D eigenvalue weighted by Gasteiger charge is 2.10. The molecule has 0 radical (unpaired) electrons. The molecule has 38 heavy (non-hydrogen) atoms. The van der Waals surface area contributed by atoms with Crippen LogP contribution in [0, 0.1) is 25.5 Å². The molecule has 0 N–H and O–H groups in total. The first-order chi connectivity index (χ1) is 18.4. The second-order valence-electron chi connectivity index (χ2n) is 10.00. The first kappa shape index (κ1) is 27.4. The standard InChI is InChI=1S/C34H36F2O2/c1-24-9-13-27(14-10-24)31-19-17-29(22-33(31)35)37-21-7-5-4-6-8-26(3)38-30-18-20-32(34(36)23-30)28-15-11-25(2)12-16-28/h9-20,22-23,26H,4-8,21H2,1-3H3. The third-order valence-electron chi connectivity index (χ3n) is 6.72. The van der Waals surface area contributed by atoms with Gasteiger partial charge in [0.15, 0.2) is 0 Å². The number of rotatable bonds is 12. The third kappa shape index (κ3) is 7.67. The topological polar surface area (TPSA) is 18.5 Å². The van der Waals surface area contributed by atoms with Crippen molar-refractivity contribution in [3.05, 3.63) is 108 Å². The van der Waals surface area contributed by atoms with Gasteiger partial charge in [0.2, 0.25) is 0 Å². The molecule has 0 spiro atoms. The Kier molecular flexibility index (Phi) is 9.53. The smallest absolute Gasteiger partial charge is 0.134 e. The molecule has 4 heteroatoms. The number of hydrogen-bond donors (Lipinski definition) is 0. The van der Waals surface area contributed by atoms with E-state index in [9.17, 15) is 8.78 Å². The van der Waals surface area contributed by atoms with E-state index in [-0.39, 0.29) is 17.7 Å². The lowest BCUT2D eigenvalue weighted by atomic mass is 10.0. The molecular weight excluding hydrogens is 478 g/mol. The highest BCUT2D eigenvalue weighted by molar-refractivity contribution is 5.66. The molecule has 4 aromatic rings. The van der Waals surface area contributed by atoms with E-state index in [1.165, 1.54) is 12.1 Å². The van der Waals surface area contributed by atoms with E-state index in [2.05, 4.69) is 0 Å². The molecule has 0 bridgehead atoms. The van der Waals surface area contributed by atoms with Crippen LogP contribution < -0.4 is 9.47 Å². The van der Waals surface area contributed by atoms with Crippen molar-refractivity contribution in [3.8, 4) is 33.8 Å². The first-order valence-electron chi connectivity index (χ1n) is 13.4. The van der Waals surface area contributed by atoms with Crippen LogP contribution in [-0.4, -0.2) is 12.7 Å². The summed E-state index contributed by atoms with van der Waals surface area (Å²) < 4.78 is 40.9. The van der Waals surface area contributed by atoms with Crippen LogP contribution in [0.25, 0.3) is 22.3 Å². The lowest BCUT2D eigenvalue weighted by molar-refractivity contribution is 0.205. The maximum absolute atomic E-state index is 14.7. The number of ether oxygens (including phenoxy) is 2. The Morgan fingerprint density at radius 3 is 1.66 bits per heavy atom. The van der Waals surface area contributed by atoms with Gasteiger partial charge in [-0.25, -0.2) is 8.78 Å². The number of hydrogen-bond acceptors (Lipinski definition) is 2. The number of halogens is 2. The number of unbranched alkanes of at least 4 members (excludes halogenated alkanes) is 3. The van der Waals surface area contributed by atoms with Crippen LogP contribution in [0.15, 0.2) is 84.9 Å². The van der Waals surface area contributed by atoms with Crippen LogP contribution in [0.2, 0.25) is 0 Å². The predicted molar refractivity (Wildman–Crippen MR) is 152 cm³/mol. The second kappa shape index (κ2) is 13.2. The van der Waals surface area contributed by atoms with Crippen LogP contribution in [0.3, 0.4) is 0 Å². The summed E-state index contributed by atoms with van der Waals surface area (Å²) in [5.74, 6) is 0.564. The van der Waals surface area contributed by atoms with Crippen LogP contribution in [-0.2, 0) is 0 Å². The highest BCUT2D eigenvalue weighted by Crippen LogP contribution is 2.28. The van der Waals surface area contributed by atoms with Crippen molar-refractivity contribution in [2.45, 2.75) is 59.0 Å². The maximum atomic E-state index is 14.7. The average molecular weight is 515 g/mol. The van der Waals surface area contributed by atoms with Gasteiger partial charge in [-0.3, -0.25) is 0 Å². The molecule has 0 saturated carbocycles. The molecular formula is C34H36F2O2. The van der Waals surface area contributed by atoms with Gasteiger partial charge in [-0.2, -0.15) is 0 Å². The van der Waals surface area contributed by atoms with Gasteiger partial charge in [0, 0.05) is 23.3 Å². The molecule has 0 heterocycles. The summed E-state index contributed by atoms with van der Waals surface area (Å²) in [5.41, 5.74) is 5.18. The molecule has 0 aliphatic rings. The summed E-state index contributed by atoms with van der Waals surface area (Å²) in [7, 11) is 0. The van der Waals surface area contributed by atoms with Crippen molar-refractivity contribution in [1.29, 1.82) is 0 Å². The Labute approximate surface area is 225 Å². The Balaban J connectivity index is 1.13. The molecule has 0 aromatic heterocycles. The van der Waals surface area contributed by atoms with Gasteiger partial charge in [0.1, 0.15) is 23.1 Å². The Morgan fingerprint density at radius 2 is 1.11 bits per heavy atom. The lowest BCUT2D eigenvalue weighted by Crippen LogP contribution is -2.11. The Morgan fingerprint density at radius 1 is 0.605 bits per heavy atom. The van der Waals surface area contributed by atoms with Crippen molar-refractivity contribution in [2.75, 3.05) is 6.61 Å². The van der Waals surface area contributed by atoms with Crippen LogP contribution in [0.4, 0.5) is 8.78 Å². The zero-order chi connectivity index (χ0) is 26.9. The number of aryl methyl sites for hydroxylation is 2. The monoisotopic (exact) mass is 514 g/mol. The van der Waals surface area contributed by atoms with Crippen LogP contribution in [0.1, 0.15) is 50.2 Å². The summed E-state index contributed by atoms with van der Waals surface area (Å²) in [5, 5.41) is 0. The van der Waals surface area contributed by atoms with Gasteiger partial charge in [-0.05, 0) is 75.4 Å². The minimum absolute atomic E-state index is 0.00546. The maximum Gasteiger partial charge on any atom is 0.134 e. The van der Waals surface area contributed by atoms with Gasteiger partial charge < -0.3 is 9.47 Å². The summed E-state index contributed by atoms with van der Waals surface area (Å²) >= 11 is 0. The summed E-state index contributed by atoms with van der Waals surface area (Å²) in [6, 6.07) is 25.8. The molecule has 0 saturated heterocycles. The molecule has 4 rings (SSSR count). The molecule has 0 aliphatic carbocycles. The summed E-state index contributed by atoms with van der Waals surface area (Å²) in [4.78, 5) is 0. The first-order valence-corrected chi connectivity index (χ1v) is 13.4. The van der Waals surface area contributed by atoms with Crippen molar-refractivity contribution in [1.82, 2.24) is 0 Å². The minimum atomic E-state index is -0.275. The summed E-state index contributed by atoms with van der Waals surface area (Å²) in [6.07, 6.45) is 4.90. The SMILES string of the molecule is Cc1ccc(-c2ccc(OCCCCCCC(C)Oc3ccc(-c4ccc(C)cc4)c(F)c3)cc2F)cc1. The van der Waals surface area contributed by atoms with Gasteiger partial charge >= 0.3 is 0 Å². The zero-order valence-corrected chi connectivity index (χ0v) is 22.5. The second-order valence-corrected chi connectivity index (χ2v) is 10.00. The van der Waals surface area contributed by atoms with Gasteiger partial charge in [-0.1, -0.05) is 72.5 Å². The summed E-state index contributed by atoms with van der Waals surface area (Å²) in [6.45, 7) is 6.60.